The standard InChI is InChI=1S/C12H20N4O/c1-9-6-13-4-5-16(9)11-8-14-10(7-15-11)12(2,3)17/h7-9,13,17H,4-6H2,1-3H3. The minimum absolute atomic E-state index is 0.422. The van der Waals surface area contributed by atoms with E-state index >= 15 is 0 Å². The molecular weight excluding hydrogens is 216 g/mol. The van der Waals surface area contributed by atoms with Crippen molar-refractivity contribution in [2.75, 3.05) is 24.5 Å². The second kappa shape index (κ2) is 4.58. The maximum absolute atomic E-state index is 9.82. The third-order valence-electron chi connectivity index (χ3n) is 3.06. The summed E-state index contributed by atoms with van der Waals surface area (Å²) in [7, 11) is 0. The molecule has 2 heterocycles. The monoisotopic (exact) mass is 236 g/mol. The number of aromatic nitrogens is 2. The zero-order chi connectivity index (χ0) is 12.5. The second-order valence-corrected chi connectivity index (χ2v) is 5.07. The third kappa shape index (κ3) is 2.73. The number of piperazine rings is 1. The molecule has 1 aliphatic rings. The lowest BCUT2D eigenvalue weighted by atomic mass is 10.1. The highest BCUT2D eigenvalue weighted by Gasteiger charge is 2.22. The summed E-state index contributed by atoms with van der Waals surface area (Å²) in [6.07, 6.45) is 3.40. The molecule has 1 atom stereocenters. The van der Waals surface area contributed by atoms with Crippen molar-refractivity contribution in [2.45, 2.75) is 32.4 Å². The molecule has 17 heavy (non-hydrogen) atoms. The average molecular weight is 236 g/mol. The largest absolute Gasteiger partial charge is 0.384 e. The van der Waals surface area contributed by atoms with Crippen LogP contribution in [0.1, 0.15) is 26.5 Å². The average Bonchev–Trinajstić information content (AvgIpc) is 2.29. The molecule has 0 spiro atoms. The predicted molar refractivity (Wildman–Crippen MR) is 67.0 cm³/mol. The summed E-state index contributed by atoms with van der Waals surface area (Å²) in [4.78, 5) is 10.9. The first-order valence-corrected chi connectivity index (χ1v) is 6.01. The highest BCUT2D eigenvalue weighted by atomic mass is 16.3. The van der Waals surface area contributed by atoms with Crippen molar-refractivity contribution in [3.63, 3.8) is 0 Å². The lowest BCUT2D eigenvalue weighted by Gasteiger charge is -2.34. The molecule has 0 saturated carbocycles. The van der Waals surface area contributed by atoms with E-state index in [9.17, 15) is 5.11 Å². The minimum atomic E-state index is -0.930. The van der Waals surface area contributed by atoms with Gasteiger partial charge < -0.3 is 15.3 Å². The van der Waals surface area contributed by atoms with Crippen LogP contribution in [0.4, 0.5) is 5.82 Å². The van der Waals surface area contributed by atoms with Crippen LogP contribution in [0, 0.1) is 0 Å². The molecule has 1 unspecified atom stereocenters. The smallest absolute Gasteiger partial charge is 0.147 e. The maximum atomic E-state index is 9.82. The van der Waals surface area contributed by atoms with Gasteiger partial charge in [0.2, 0.25) is 0 Å². The topological polar surface area (TPSA) is 61.3 Å². The molecule has 1 saturated heterocycles. The highest BCUT2D eigenvalue weighted by molar-refractivity contribution is 5.38. The van der Waals surface area contributed by atoms with Crippen LogP contribution < -0.4 is 10.2 Å². The Kier molecular flexibility index (Phi) is 3.31. The van der Waals surface area contributed by atoms with Crippen LogP contribution >= 0.6 is 0 Å². The van der Waals surface area contributed by atoms with E-state index in [0.29, 0.717) is 11.7 Å². The van der Waals surface area contributed by atoms with Crippen LogP contribution in [0.25, 0.3) is 0 Å². The van der Waals surface area contributed by atoms with E-state index < -0.39 is 5.60 Å². The van der Waals surface area contributed by atoms with Crippen LogP contribution in [0.2, 0.25) is 0 Å². The van der Waals surface area contributed by atoms with Gasteiger partial charge in [-0.25, -0.2) is 4.98 Å². The van der Waals surface area contributed by atoms with Gasteiger partial charge in [0.05, 0.1) is 18.1 Å². The SMILES string of the molecule is CC1CNCCN1c1cnc(C(C)(C)O)cn1. The number of aliphatic hydroxyl groups is 1. The fraction of sp³-hybridized carbons (Fsp3) is 0.667. The van der Waals surface area contributed by atoms with Crippen molar-refractivity contribution in [3.05, 3.63) is 18.1 Å². The normalized spacial score (nSPS) is 21.6. The van der Waals surface area contributed by atoms with Gasteiger partial charge in [-0.15, -0.1) is 0 Å². The van der Waals surface area contributed by atoms with E-state index in [-0.39, 0.29) is 0 Å². The molecule has 2 rings (SSSR count). The fourth-order valence-electron chi connectivity index (χ4n) is 1.97. The van der Waals surface area contributed by atoms with Gasteiger partial charge in [-0.3, -0.25) is 4.98 Å². The van der Waals surface area contributed by atoms with Crippen molar-refractivity contribution in [1.29, 1.82) is 0 Å². The second-order valence-electron chi connectivity index (χ2n) is 5.07. The number of hydrogen-bond acceptors (Lipinski definition) is 5. The van der Waals surface area contributed by atoms with Crippen molar-refractivity contribution in [2.24, 2.45) is 0 Å². The molecule has 0 aliphatic carbocycles. The Morgan fingerprint density at radius 1 is 1.41 bits per heavy atom. The van der Waals surface area contributed by atoms with Crippen molar-refractivity contribution < 1.29 is 5.11 Å². The number of hydrogen-bond donors (Lipinski definition) is 2. The van der Waals surface area contributed by atoms with E-state index in [1.165, 1.54) is 0 Å². The Morgan fingerprint density at radius 3 is 2.71 bits per heavy atom. The van der Waals surface area contributed by atoms with Crippen LogP contribution in [0.15, 0.2) is 12.4 Å². The van der Waals surface area contributed by atoms with Crippen molar-refractivity contribution in [1.82, 2.24) is 15.3 Å². The van der Waals surface area contributed by atoms with E-state index in [1.807, 2.05) is 0 Å². The van der Waals surface area contributed by atoms with Gasteiger partial charge in [-0.1, -0.05) is 0 Å². The first kappa shape index (κ1) is 12.3. The van der Waals surface area contributed by atoms with E-state index in [0.717, 1.165) is 25.5 Å². The Morgan fingerprint density at radius 2 is 2.18 bits per heavy atom. The summed E-state index contributed by atoms with van der Waals surface area (Å²) in [5, 5.41) is 13.2. The van der Waals surface area contributed by atoms with Gasteiger partial charge >= 0.3 is 0 Å². The zero-order valence-corrected chi connectivity index (χ0v) is 10.6. The molecule has 94 valence electrons. The Hall–Kier alpha value is -1.20. The van der Waals surface area contributed by atoms with E-state index in [1.54, 1.807) is 26.2 Å². The molecule has 5 heteroatoms. The molecule has 0 radical (unpaired) electrons. The summed E-state index contributed by atoms with van der Waals surface area (Å²) in [6, 6.07) is 0.422. The van der Waals surface area contributed by atoms with Crippen LogP contribution in [-0.4, -0.2) is 40.8 Å². The lowest BCUT2D eigenvalue weighted by molar-refractivity contribution is 0.0734. The molecule has 1 aliphatic heterocycles. The van der Waals surface area contributed by atoms with Crippen LogP contribution in [0.5, 0.6) is 0 Å². The summed E-state index contributed by atoms with van der Waals surface area (Å²) < 4.78 is 0. The van der Waals surface area contributed by atoms with Crippen molar-refractivity contribution in [3.8, 4) is 0 Å². The van der Waals surface area contributed by atoms with Crippen LogP contribution in [-0.2, 0) is 5.60 Å². The summed E-state index contributed by atoms with van der Waals surface area (Å²) in [6.45, 7) is 8.47. The lowest BCUT2D eigenvalue weighted by Crippen LogP contribution is -2.50. The molecule has 5 nitrogen and oxygen atoms in total. The zero-order valence-electron chi connectivity index (χ0n) is 10.6. The third-order valence-corrected chi connectivity index (χ3v) is 3.06. The first-order chi connectivity index (χ1) is 7.98. The van der Waals surface area contributed by atoms with Gasteiger partial charge in [0.25, 0.3) is 0 Å². The molecule has 0 bridgehead atoms. The van der Waals surface area contributed by atoms with Crippen molar-refractivity contribution >= 4 is 5.82 Å². The number of nitrogens with one attached hydrogen (secondary N) is 1. The number of nitrogens with zero attached hydrogens (tertiary/aromatic N) is 3. The molecule has 2 N–H and O–H groups in total. The quantitative estimate of drug-likeness (QED) is 0.783. The Balaban J connectivity index is 2.17. The Bertz CT molecular complexity index is 371. The van der Waals surface area contributed by atoms with Gasteiger partial charge in [-0.05, 0) is 20.8 Å². The van der Waals surface area contributed by atoms with E-state index in [2.05, 4.69) is 27.1 Å². The molecule has 1 aromatic rings. The molecule has 1 fully saturated rings. The van der Waals surface area contributed by atoms with E-state index in [4.69, 9.17) is 0 Å². The summed E-state index contributed by atoms with van der Waals surface area (Å²) in [5.74, 6) is 0.881. The maximum Gasteiger partial charge on any atom is 0.147 e. The number of rotatable bonds is 2. The van der Waals surface area contributed by atoms with Crippen LogP contribution in [0.3, 0.4) is 0 Å². The molecule has 0 amide bonds. The number of anilines is 1. The fourth-order valence-corrected chi connectivity index (χ4v) is 1.97. The first-order valence-electron chi connectivity index (χ1n) is 6.01. The molecule has 0 aromatic carbocycles. The minimum Gasteiger partial charge on any atom is -0.384 e. The van der Waals surface area contributed by atoms with Gasteiger partial charge in [0.15, 0.2) is 0 Å². The van der Waals surface area contributed by atoms with Gasteiger partial charge in [0, 0.05) is 25.7 Å². The summed E-state index contributed by atoms with van der Waals surface area (Å²) in [5.41, 5.74) is -0.329. The highest BCUT2D eigenvalue weighted by Crippen LogP contribution is 2.19. The predicted octanol–water partition coefficient (Wildman–Crippen LogP) is 0.502. The summed E-state index contributed by atoms with van der Waals surface area (Å²) >= 11 is 0. The van der Waals surface area contributed by atoms with Gasteiger partial charge in [-0.2, -0.15) is 0 Å². The van der Waals surface area contributed by atoms with Gasteiger partial charge in [0.1, 0.15) is 11.4 Å². The molecule has 1 aromatic heterocycles. The Labute approximate surface area is 102 Å². The molecular formula is C12H20N4O.